The molecule has 1 aliphatic heterocycles. The summed E-state index contributed by atoms with van der Waals surface area (Å²) < 4.78 is 0. The average molecular weight is 260 g/mol. The largest absolute Gasteiger partial charge is 0.302 e. The van der Waals surface area contributed by atoms with Crippen LogP contribution in [0.3, 0.4) is 0 Å². The number of rotatable bonds is 1. The quantitative estimate of drug-likeness (QED) is 0.672. The molecule has 2 aromatic carbocycles. The van der Waals surface area contributed by atoms with Crippen molar-refractivity contribution < 1.29 is 4.79 Å². The van der Waals surface area contributed by atoms with Crippen molar-refractivity contribution in [3.05, 3.63) is 71.9 Å². The maximum absolute atomic E-state index is 12.5. The Kier molecular flexibility index (Phi) is 2.33. The number of hydrogen-bond donors (Lipinski definition) is 0. The topological polar surface area (TPSA) is 33.2 Å². The highest BCUT2D eigenvalue weighted by Crippen LogP contribution is 2.29. The van der Waals surface area contributed by atoms with Crippen molar-refractivity contribution in [1.82, 2.24) is 4.98 Å². The molecule has 2 heterocycles. The molecule has 0 unspecified atom stereocenters. The van der Waals surface area contributed by atoms with E-state index in [4.69, 9.17) is 0 Å². The third kappa shape index (κ3) is 1.60. The third-order valence-electron chi connectivity index (χ3n) is 3.65. The second-order valence-corrected chi connectivity index (χ2v) is 4.90. The van der Waals surface area contributed by atoms with Crippen LogP contribution in [0, 0.1) is 0 Å². The van der Waals surface area contributed by atoms with Gasteiger partial charge in [0.05, 0.1) is 23.3 Å². The van der Waals surface area contributed by atoms with Crippen LogP contribution in [-0.2, 0) is 6.54 Å². The molecule has 4 rings (SSSR count). The number of pyridine rings is 1. The number of carbonyl (C=O) groups is 1. The summed E-state index contributed by atoms with van der Waals surface area (Å²) >= 11 is 0. The molecule has 0 saturated carbocycles. The summed E-state index contributed by atoms with van der Waals surface area (Å²) in [5.74, 6) is 0.0319. The highest BCUT2D eigenvalue weighted by Gasteiger charge is 2.29. The Morgan fingerprint density at radius 3 is 2.55 bits per heavy atom. The van der Waals surface area contributed by atoms with Crippen molar-refractivity contribution in [1.29, 1.82) is 0 Å². The zero-order chi connectivity index (χ0) is 13.5. The smallest absolute Gasteiger partial charge is 0.260 e. The van der Waals surface area contributed by atoms with Crippen LogP contribution in [0.25, 0.3) is 10.9 Å². The summed E-state index contributed by atoms with van der Waals surface area (Å²) in [5.41, 5.74) is 3.43. The fourth-order valence-electron chi connectivity index (χ4n) is 2.64. The van der Waals surface area contributed by atoms with Gasteiger partial charge in [0.25, 0.3) is 5.91 Å². The van der Waals surface area contributed by atoms with E-state index < -0.39 is 0 Å². The van der Waals surface area contributed by atoms with Crippen LogP contribution < -0.4 is 4.90 Å². The van der Waals surface area contributed by atoms with Gasteiger partial charge in [-0.3, -0.25) is 9.78 Å². The lowest BCUT2D eigenvalue weighted by Gasteiger charge is -2.14. The summed E-state index contributed by atoms with van der Waals surface area (Å²) in [6, 6.07) is 19.6. The average Bonchev–Trinajstić information content (AvgIpc) is 2.83. The zero-order valence-electron chi connectivity index (χ0n) is 10.8. The van der Waals surface area contributed by atoms with Crippen LogP contribution >= 0.6 is 0 Å². The predicted octanol–water partition coefficient (Wildman–Crippen LogP) is 3.40. The summed E-state index contributed by atoms with van der Waals surface area (Å²) in [7, 11) is 0. The Hall–Kier alpha value is -2.68. The SMILES string of the molecule is O=C1c2cc3ccccc3nc2CN1c1ccccc1. The molecule has 3 nitrogen and oxygen atoms in total. The van der Waals surface area contributed by atoms with Gasteiger partial charge in [-0.15, -0.1) is 0 Å². The molecule has 20 heavy (non-hydrogen) atoms. The maximum atomic E-state index is 12.5. The molecule has 0 N–H and O–H groups in total. The van der Waals surface area contributed by atoms with Crippen molar-refractivity contribution in [2.45, 2.75) is 6.54 Å². The van der Waals surface area contributed by atoms with E-state index in [1.165, 1.54) is 0 Å². The Morgan fingerprint density at radius 2 is 1.70 bits per heavy atom. The molecule has 0 spiro atoms. The van der Waals surface area contributed by atoms with Crippen LogP contribution in [-0.4, -0.2) is 10.9 Å². The van der Waals surface area contributed by atoms with Gasteiger partial charge in [0.15, 0.2) is 0 Å². The van der Waals surface area contributed by atoms with E-state index in [0.717, 1.165) is 22.3 Å². The van der Waals surface area contributed by atoms with Gasteiger partial charge in [0.2, 0.25) is 0 Å². The van der Waals surface area contributed by atoms with E-state index in [9.17, 15) is 4.79 Å². The van der Waals surface area contributed by atoms with Crippen molar-refractivity contribution in [3.63, 3.8) is 0 Å². The highest BCUT2D eigenvalue weighted by atomic mass is 16.2. The van der Waals surface area contributed by atoms with Gasteiger partial charge in [0, 0.05) is 11.1 Å². The van der Waals surface area contributed by atoms with E-state index in [2.05, 4.69) is 4.98 Å². The first kappa shape index (κ1) is 11.2. The minimum Gasteiger partial charge on any atom is -0.302 e. The molecule has 3 heteroatoms. The summed E-state index contributed by atoms with van der Waals surface area (Å²) in [5, 5.41) is 1.01. The van der Waals surface area contributed by atoms with E-state index in [1.54, 1.807) is 4.90 Å². The predicted molar refractivity (Wildman–Crippen MR) is 78.7 cm³/mol. The van der Waals surface area contributed by atoms with E-state index in [0.29, 0.717) is 12.1 Å². The summed E-state index contributed by atoms with van der Waals surface area (Å²) in [6.07, 6.45) is 0. The Labute approximate surface area is 116 Å². The number of anilines is 1. The first-order valence-electron chi connectivity index (χ1n) is 6.58. The summed E-state index contributed by atoms with van der Waals surface area (Å²) in [4.78, 5) is 18.9. The highest BCUT2D eigenvalue weighted by molar-refractivity contribution is 6.11. The normalized spacial score (nSPS) is 13.8. The first-order valence-corrected chi connectivity index (χ1v) is 6.58. The lowest BCUT2D eigenvalue weighted by Crippen LogP contribution is -2.22. The Morgan fingerprint density at radius 1 is 0.950 bits per heavy atom. The van der Waals surface area contributed by atoms with Crippen molar-refractivity contribution in [2.24, 2.45) is 0 Å². The number of nitrogens with zero attached hydrogens (tertiary/aromatic N) is 2. The molecule has 96 valence electrons. The number of para-hydroxylation sites is 2. The minimum absolute atomic E-state index is 0.0319. The van der Waals surface area contributed by atoms with Crippen molar-refractivity contribution in [3.8, 4) is 0 Å². The van der Waals surface area contributed by atoms with Gasteiger partial charge in [0.1, 0.15) is 0 Å². The fourth-order valence-corrected chi connectivity index (χ4v) is 2.64. The molecule has 0 bridgehead atoms. The molecular formula is C17H12N2O. The van der Waals surface area contributed by atoms with E-state index >= 15 is 0 Å². The number of aromatic nitrogens is 1. The zero-order valence-corrected chi connectivity index (χ0v) is 10.8. The molecule has 0 fully saturated rings. The summed E-state index contributed by atoms with van der Waals surface area (Å²) in [6.45, 7) is 0.545. The first-order chi connectivity index (χ1) is 9.83. The fraction of sp³-hybridized carbons (Fsp3) is 0.0588. The second-order valence-electron chi connectivity index (χ2n) is 4.90. The van der Waals surface area contributed by atoms with Crippen LogP contribution in [0.4, 0.5) is 5.69 Å². The van der Waals surface area contributed by atoms with Gasteiger partial charge in [-0.2, -0.15) is 0 Å². The van der Waals surface area contributed by atoms with Crippen molar-refractivity contribution in [2.75, 3.05) is 4.90 Å². The van der Waals surface area contributed by atoms with Crippen molar-refractivity contribution >= 4 is 22.5 Å². The minimum atomic E-state index is 0.0319. The van der Waals surface area contributed by atoms with Gasteiger partial charge in [-0.05, 0) is 24.3 Å². The van der Waals surface area contributed by atoms with Crippen LogP contribution in [0.15, 0.2) is 60.7 Å². The molecule has 3 aromatic rings. The van der Waals surface area contributed by atoms with Gasteiger partial charge in [-0.25, -0.2) is 0 Å². The Balaban J connectivity index is 1.84. The molecule has 1 aliphatic rings. The molecule has 0 atom stereocenters. The molecule has 1 aromatic heterocycles. The number of fused-ring (bicyclic) bond motifs is 2. The van der Waals surface area contributed by atoms with E-state index in [-0.39, 0.29) is 5.91 Å². The van der Waals surface area contributed by atoms with Crippen LogP contribution in [0.5, 0.6) is 0 Å². The number of carbonyl (C=O) groups excluding carboxylic acids is 1. The van der Waals surface area contributed by atoms with Crippen LogP contribution in [0.2, 0.25) is 0 Å². The third-order valence-corrected chi connectivity index (χ3v) is 3.65. The Bertz CT molecular complexity index is 812. The van der Waals surface area contributed by atoms with Crippen LogP contribution in [0.1, 0.15) is 16.1 Å². The lowest BCUT2D eigenvalue weighted by atomic mass is 10.1. The monoisotopic (exact) mass is 260 g/mol. The molecule has 0 aliphatic carbocycles. The molecule has 1 amide bonds. The number of benzene rings is 2. The number of amides is 1. The van der Waals surface area contributed by atoms with Gasteiger partial charge < -0.3 is 4.90 Å². The second kappa shape index (κ2) is 4.17. The maximum Gasteiger partial charge on any atom is 0.260 e. The number of hydrogen-bond acceptors (Lipinski definition) is 2. The van der Waals surface area contributed by atoms with Gasteiger partial charge >= 0.3 is 0 Å². The molecule has 0 saturated heterocycles. The molecular weight excluding hydrogens is 248 g/mol. The van der Waals surface area contributed by atoms with E-state index in [1.807, 2.05) is 60.7 Å². The standard InChI is InChI=1S/C17H12N2O/c20-17-14-10-12-6-4-5-9-15(12)18-16(14)11-19(17)13-7-2-1-3-8-13/h1-10H,11H2. The lowest BCUT2D eigenvalue weighted by molar-refractivity contribution is 0.0996. The van der Waals surface area contributed by atoms with Gasteiger partial charge in [-0.1, -0.05) is 36.4 Å². The molecule has 0 radical (unpaired) electrons.